The van der Waals surface area contributed by atoms with Crippen molar-refractivity contribution in [2.75, 3.05) is 31.6 Å². The standard InChI is InChI=1S/C15H22N2O/c1-2-17-9-3-4-13(17)11-18-14-6-5-12-7-8-16-15(12)10-14/h5-6,10,13,16H,2-4,7-9,11H2,1H3. The van der Waals surface area contributed by atoms with Gasteiger partial charge in [-0.2, -0.15) is 0 Å². The van der Waals surface area contributed by atoms with Gasteiger partial charge >= 0.3 is 0 Å². The molecule has 1 aromatic rings. The van der Waals surface area contributed by atoms with Crippen molar-refractivity contribution in [2.24, 2.45) is 0 Å². The van der Waals surface area contributed by atoms with Crippen molar-refractivity contribution >= 4 is 5.69 Å². The Labute approximate surface area is 109 Å². The first-order chi connectivity index (χ1) is 8.86. The summed E-state index contributed by atoms with van der Waals surface area (Å²) in [6.45, 7) is 6.49. The van der Waals surface area contributed by atoms with Crippen molar-refractivity contribution in [3.63, 3.8) is 0 Å². The molecule has 0 radical (unpaired) electrons. The molecule has 1 fully saturated rings. The number of benzene rings is 1. The third-order valence-electron chi connectivity index (χ3n) is 4.14. The number of nitrogens with zero attached hydrogens (tertiary/aromatic N) is 1. The van der Waals surface area contributed by atoms with Crippen LogP contribution in [-0.2, 0) is 6.42 Å². The van der Waals surface area contributed by atoms with Crippen LogP contribution in [0.3, 0.4) is 0 Å². The Morgan fingerprint density at radius 3 is 3.28 bits per heavy atom. The highest BCUT2D eigenvalue weighted by Gasteiger charge is 2.23. The summed E-state index contributed by atoms with van der Waals surface area (Å²) in [5.74, 6) is 1.01. The average Bonchev–Trinajstić information content (AvgIpc) is 3.04. The van der Waals surface area contributed by atoms with E-state index in [1.165, 1.54) is 30.6 Å². The molecule has 3 heteroatoms. The highest BCUT2D eigenvalue weighted by molar-refractivity contribution is 5.58. The van der Waals surface area contributed by atoms with E-state index in [1.807, 2.05) is 0 Å². The van der Waals surface area contributed by atoms with Gasteiger partial charge in [-0.25, -0.2) is 0 Å². The van der Waals surface area contributed by atoms with Crippen LogP contribution in [0.15, 0.2) is 18.2 Å². The Kier molecular flexibility index (Phi) is 3.41. The van der Waals surface area contributed by atoms with Gasteiger partial charge in [0, 0.05) is 24.3 Å². The predicted octanol–water partition coefficient (Wildman–Crippen LogP) is 2.52. The Hall–Kier alpha value is -1.22. The maximum atomic E-state index is 5.97. The molecular weight excluding hydrogens is 224 g/mol. The van der Waals surface area contributed by atoms with Gasteiger partial charge in [-0.15, -0.1) is 0 Å². The van der Waals surface area contributed by atoms with E-state index in [4.69, 9.17) is 4.74 Å². The molecule has 1 N–H and O–H groups in total. The lowest BCUT2D eigenvalue weighted by Crippen LogP contribution is -2.33. The summed E-state index contributed by atoms with van der Waals surface area (Å²) in [6.07, 6.45) is 3.73. The molecule has 3 rings (SSSR count). The van der Waals surface area contributed by atoms with E-state index in [-0.39, 0.29) is 0 Å². The third-order valence-corrected chi connectivity index (χ3v) is 4.14. The maximum Gasteiger partial charge on any atom is 0.121 e. The van der Waals surface area contributed by atoms with Crippen LogP contribution in [0, 0.1) is 0 Å². The molecule has 0 spiro atoms. The summed E-state index contributed by atoms with van der Waals surface area (Å²) in [6, 6.07) is 7.05. The van der Waals surface area contributed by atoms with Crippen molar-refractivity contribution < 1.29 is 4.74 Å². The van der Waals surface area contributed by atoms with Crippen LogP contribution in [0.1, 0.15) is 25.3 Å². The number of anilines is 1. The molecule has 0 saturated carbocycles. The van der Waals surface area contributed by atoms with E-state index in [9.17, 15) is 0 Å². The molecule has 1 aromatic carbocycles. The van der Waals surface area contributed by atoms with Gasteiger partial charge in [0.25, 0.3) is 0 Å². The lowest BCUT2D eigenvalue weighted by atomic mass is 10.1. The van der Waals surface area contributed by atoms with Crippen LogP contribution in [0.4, 0.5) is 5.69 Å². The van der Waals surface area contributed by atoms with Crippen LogP contribution < -0.4 is 10.1 Å². The molecule has 1 unspecified atom stereocenters. The number of likely N-dealkylation sites (N-methyl/N-ethyl adjacent to an activating group) is 1. The molecule has 1 atom stereocenters. The highest BCUT2D eigenvalue weighted by Crippen LogP contribution is 2.27. The van der Waals surface area contributed by atoms with E-state index in [2.05, 4.69) is 35.3 Å². The number of hydrogen-bond acceptors (Lipinski definition) is 3. The van der Waals surface area contributed by atoms with Gasteiger partial charge in [0.15, 0.2) is 0 Å². The minimum absolute atomic E-state index is 0.608. The fraction of sp³-hybridized carbons (Fsp3) is 0.600. The predicted molar refractivity (Wildman–Crippen MR) is 74.4 cm³/mol. The first kappa shape index (κ1) is 11.8. The molecule has 3 nitrogen and oxygen atoms in total. The van der Waals surface area contributed by atoms with E-state index in [0.29, 0.717) is 6.04 Å². The summed E-state index contributed by atoms with van der Waals surface area (Å²) < 4.78 is 5.97. The average molecular weight is 246 g/mol. The first-order valence-corrected chi connectivity index (χ1v) is 7.10. The smallest absolute Gasteiger partial charge is 0.121 e. The van der Waals surface area contributed by atoms with Crippen molar-refractivity contribution in [3.8, 4) is 5.75 Å². The number of hydrogen-bond donors (Lipinski definition) is 1. The van der Waals surface area contributed by atoms with E-state index in [0.717, 1.165) is 31.9 Å². The number of ether oxygens (including phenoxy) is 1. The zero-order valence-corrected chi connectivity index (χ0v) is 11.1. The zero-order valence-electron chi connectivity index (χ0n) is 11.1. The molecular formula is C15H22N2O. The molecule has 2 heterocycles. The fourth-order valence-corrected chi connectivity index (χ4v) is 3.05. The molecule has 0 bridgehead atoms. The lowest BCUT2D eigenvalue weighted by Gasteiger charge is -2.22. The van der Waals surface area contributed by atoms with Gasteiger partial charge < -0.3 is 10.1 Å². The lowest BCUT2D eigenvalue weighted by molar-refractivity contribution is 0.179. The van der Waals surface area contributed by atoms with Gasteiger partial charge in [0.05, 0.1) is 0 Å². The van der Waals surface area contributed by atoms with E-state index in [1.54, 1.807) is 0 Å². The molecule has 0 aromatic heterocycles. The molecule has 18 heavy (non-hydrogen) atoms. The largest absolute Gasteiger partial charge is 0.492 e. The van der Waals surface area contributed by atoms with E-state index >= 15 is 0 Å². The summed E-state index contributed by atoms with van der Waals surface area (Å²) in [7, 11) is 0. The molecule has 0 aliphatic carbocycles. The summed E-state index contributed by atoms with van der Waals surface area (Å²) in [5.41, 5.74) is 2.67. The van der Waals surface area contributed by atoms with Crippen LogP contribution in [0.5, 0.6) is 5.75 Å². The van der Waals surface area contributed by atoms with Gasteiger partial charge in [0.2, 0.25) is 0 Å². The topological polar surface area (TPSA) is 24.5 Å². The second kappa shape index (κ2) is 5.19. The highest BCUT2D eigenvalue weighted by atomic mass is 16.5. The molecule has 1 saturated heterocycles. The first-order valence-electron chi connectivity index (χ1n) is 7.10. The minimum Gasteiger partial charge on any atom is -0.492 e. The Balaban J connectivity index is 1.60. The van der Waals surface area contributed by atoms with Crippen molar-refractivity contribution in [2.45, 2.75) is 32.2 Å². The normalized spacial score (nSPS) is 22.8. The molecule has 2 aliphatic heterocycles. The van der Waals surface area contributed by atoms with Crippen LogP contribution >= 0.6 is 0 Å². The van der Waals surface area contributed by atoms with E-state index < -0.39 is 0 Å². The van der Waals surface area contributed by atoms with Gasteiger partial charge in [0.1, 0.15) is 12.4 Å². The molecule has 0 amide bonds. The third kappa shape index (κ3) is 2.32. The van der Waals surface area contributed by atoms with Crippen LogP contribution in [0.2, 0.25) is 0 Å². The Morgan fingerprint density at radius 1 is 1.44 bits per heavy atom. The van der Waals surface area contributed by atoms with Crippen molar-refractivity contribution in [1.29, 1.82) is 0 Å². The van der Waals surface area contributed by atoms with Crippen LogP contribution in [-0.4, -0.2) is 37.2 Å². The fourth-order valence-electron chi connectivity index (χ4n) is 3.05. The summed E-state index contributed by atoms with van der Waals surface area (Å²) >= 11 is 0. The maximum absolute atomic E-state index is 5.97. The number of likely N-dealkylation sites (tertiary alicyclic amines) is 1. The van der Waals surface area contributed by atoms with Gasteiger partial charge in [-0.1, -0.05) is 13.0 Å². The molecule has 2 aliphatic rings. The van der Waals surface area contributed by atoms with Gasteiger partial charge in [-0.3, -0.25) is 4.90 Å². The van der Waals surface area contributed by atoms with Crippen LogP contribution in [0.25, 0.3) is 0 Å². The SMILES string of the molecule is CCN1CCCC1COc1ccc2c(c1)NCC2. The second-order valence-corrected chi connectivity index (χ2v) is 5.23. The summed E-state index contributed by atoms with van der Waals surface area (Å²) in [5, 5.41) is 3.40. The monoisotopic (exact) mass is 246 g/mol. The Morgan fingerprint density at radius 2 is 2.39 bits per heavy atom. The van der Waals surface area contributed by atoms with Crippen molar-refractivity contribution in [1.82, 2.24) is 4.90 Å². The van der Waals surface area contributed by atoms with Crippen molar-refractivity contribution in [3.05, 3.63) is 23.8 Å². The zero-order chi connectivity index (χ0) is 12.4. The van der Waals surface area contributed by atoms with Gasteiger partial charge in [-0.05, 0) is 44.0 Å². The minimum atomic E-state index is 0.608. The number of fused-ring (bicyclic) bond motifs is 1. The molecule has 98 valence electrons. The second-order valence-electron chi connectivity index (χ2n) is 5.23. The number of rotatable bonds is 4. The number of nitrogens with one attached hydrogen (secondary N) is 1. The summed E-state index contributed by atoms with van der Waals surface area (Å²) in [4.78, 5) is 2.52. The quantitative estimate of drug-likeness (QED) is 0.883. The Bertz CT molecular complexity index is 419.